The van der Waals surface area contributed by atoms with Crippen molar-refractivity contribution in [2.24, 2.45) is 0 Å². The number of hydrogen-bond acceptors (Lipinski definition) is 4. The molecule has 3 aromatic rings. The summed E-state index contributed by atoms with van der Waals surface area (Å²) in [7, 11) is 0. The molecule has 0 unspecified atom stereocenters. The average Bonchev–Trinajstić information content (AvgIpc) is 2.76. The fourth-order valence-corrected chi connectivity index (χ4v) is 2.52. The molecule has 16 heavy (non-hydrogen) atoms. The highest BCUT2D eigenvalue weighted by atomic mass is 32.1. The van der Waals surface area contributed by atoms with Crippen LogP contribution in [0.4, 0.5) is 5.69 Å². The van der Waals surface area contributed by atoms with Gasteiger partial charge in [0, 0.05) is 11.5 Å². The number of fused-ring (bicyclic) bond motifs is 3. The van der Waals surface area contributed by atoms with Gasteiger partial charge in [-0.05, 0) is 12.1 Å². The second-order valence-electron chi connectivity index (χ2n) is 3.39. The van der Waals surface area contributed by atoms with Gasteiger partial charge >= 0.3 is 0 Å². The summed E-state index contributed by atoms with van der Waals surface area (Å²) in [5.74, 6) is 0. The van der Waals surface area contributed by atoms with Gasteiger partial charge in [-0.15, -0.1) is 11.3 Å². The Balaban J connectivity index is 2.53. The van der Waals surface area contributed by atoms with E-state index in [9.17, 15) is 10.1 Å². The van der Waals surface area contributed by atoms with Gasteiger partial charge in [-0.2, -0.15) is 0 Å². The van der Waals surface area contributed by atoms with E-state index in [0.29, 0.717) is 5.39 Å². The van der Waals surface area contributed by atoms with Gasteiger partial charge in [-0.3, -0.25) is 10.1 Å². The molecule has 0 spiro atoms. The van der Waals surface area contributed by atoms with Crippen molar-refractivity contribution in [3.05, 3.63) is 46.0 Å². The fourth-order valence-electron chi connectivity index (χ4n) is 1.83. The van der Waals surface area contributed by atoms with E-state index in [1.54, 1.807) is 17.6 Å². The summed E-state index contributed by atoms with van der Waals surface area (Å²) in [6, 6.07) is 8.74. The number of nitrogens with zero attached hydrogens (tertiary/aromatic N) is 2. The van der Waals surface area contributed by atoms with Gasteiger partial charge in [-0.25, -0.2) is 4.98 Å². The first kappa shape index (κ1) is 9.23. The second-order valence-corrected chi connectivity index (χ2v) is 4.28. The molecular formula is C11H6N2O2S. The molecule has 5 heteroatoms. The third-order valence-corrected chi connectivity index (χ3v) is 3.33. The summed E-state index contributed by atoms with van der Waals surface area (Å²) < 4.78 is 1.05. The Kier molecular flexibility index (Phi) is 1.87. The standard InChI is InChI=1S/C11H6N2O2S/c14-13(15)9-3-1-2-8-7(9)4-5-10-11(8)12-6-16-10/h1-6H. The highest BCUT2D eigenvalue weighted by Crippen LogP contribution is 2.31. The highest BCUT2D eigenvalue weighted by molar-refractivity contribution is 7.16. The number of benzene rings is 2. The first-order chi connectivity index (χ1) is 7.77. The molecule has 0 saturated carbocycles. The van der Waals surface area contributed by atoms with Crippen LogP contribution in [0.2, 0.25) is 0 Å². The number of nitro benzene ring substituents is 1. The predicted molar refractivity (Wildman–Crippen MR) is 63.8 cm³/mol. The number of hydrogen-bond donors (Lipinski definition) is 0. The van der Waals surface area contributed by atoms with E-state index < -0.39 is 0 Å². The van der Waals surface area contributed by atoms with Gasteiger partial charge in [0.05, 0.1) is 26.0 Å². The minimum Gasteiger partial charge on any atom is -0.258 e. The van der Waals surface area contributed by atoms with Crippen molar-refractivity contribution >= 4 is 38.0 Å². The molecular weight excluding hydrogens is 224 g/mol. The zero-order valence-electron chi connectivity index (χ0n) is 8.08. The molecule has 1 aromatic heterocycles. The van der Waals surface area contributed by atoms with Gasteiger partial charge in [0.15, 0.2) is 0 Å². The largest absolute Gasteiger partial charge is 0.277 e. The van der Waals surface area contributed by atoms with Crippen molar-refractivity contribution in [1.29, 1.82) is 0 Å². The number of thiazole rings is 1. The lowest BCUT2D eigenvalue weighted by atomic mass is 10.1. The normalized spacial score (nSPS) is 11.0. The molecule has 0 fully saturated rings. The molecule has 0 N–H and O–H groups in total. The monoisotopic (exact) mass is 230 g/mol. The quantitative estimate of drug-likeness (QED) is 0.475. The summed E-state index contributed by atoms with van der Waals surface area (Å²) in [4.78, 5) is 14.8. The van der Waals surface area contributed by atoms with E-state index >= 15 is 0 Å². The van der Waals surface area contributed by atoms with Crippen LogP contribution < -0.4 is 0 Å². The number of rotatable bonds is 1. The van der Waals surface area contributed by atoms with E-state index in [0.717, 1.165) is 15.6 Å². The highest BCUT2D eigenvalue weighted by Gasteiger charge is 2.13. The Morgan fingerprint density at radius 3 is 2.88 bits per heavy atom. The summed E-state index contributed by atoms with van der Waals surface area (Å²) in [5, 5.41) is 12.4. The van der Waals surface area contributed by atoms with E-state index in [1.165, 1.54) is 17.4 Å². The van der Waals surface area contributed by atoms with Crippen LogP contribution in [-0.2, 0) is 0 Å². The molecule has 0 aliphatic heterocycles. The van der Waals surface area contributed by atoms with Crippen molar-refractivity contribution in [2.45, 2.75) is 0 Å². The third-order valence-electron chi connectivity index (χ3n) is 2.53. The van der Waals surface area contributed by atoms with Crippen LogP contribution in [0.3, 0.4) is 0 Å². The lowest BCUT2D eigenvalue weighted by Gasteiger charge is -1.99. The van der Waals surface area contributed by atoms with Crippen LogP contribution in [0.1, 0.15) is 0 Å². The zero-order chi connectivity index (χ0) is 11.1. The Bertz CT molecular complexity index is 705. The minimum atomic E-state index is -0.361. The molecule has 3 rings (SSSR count). The summed E-state index contributed by atoms with van der Waals surface area (Å²) in [6.45, 7) is 0. The van der Waals surface area contributed by atoms with E-state index in [4.69, 9.17) is 0 Å². The molecule has 0 amide bonds. The molecule has 2 aromatic carbocycles. The molecule has 0 atom stereocenters. The SMILES string of the molecule is O=[N+]([O-])c1cccc2c1ccc1scnc12. The first-order valence-electron chi connectivity index (χ1n) is 4.67. The smallest absolute Gasteiger partial charge is 0.258 e. The van der Waals surface area contributed by atoms with Crippen molar-refractivity contribution < 1.29 is 4.92 Å². The van der Waals surface area contributed by atoms with Crippen molar-refractivity contribution in [3.8, 4) is 0 Å². The maximum atomic E-state index is 10.9. The molecule has 0 radical (unpaired) electrons. The third kappa shape index (κ3) is 1.18. The first-order valence-corrected chi connectivity index (χ1v) is 5.54. The lowest BCUT2D eigenvalue weighted by Crippen LogP contribution is -1.89. The zero-order valence-corrected chi connectivity index (χ0v) is 8.90. The maximum absolute atomic E-state index is 10.9. The topological polar surface area (TPSA) is 56.0 Å². The van der Waals surface area contributed by atoms with Crippen LogP contribution in [0.15, 0.2) is 35.8 Å². The summed E-state index contributed by atoms with van der Waals surface area (Å²) in [6.07, 6.45) is 0. The number of non-ortho nitro benzene ring substituents is 1. The van der Waals surface area contributed by atoms with Gasteiger partial charge in [-0.1, -0.05) is 12.1 Å². The van der Waals surface area contributed by atoms with Gasteiger partial charge in [0.25, 0.3) is 5.69 Å². The molecule has 78 valence electrons. The van der Waals surface area contributed by atoms with Crippen molar-refractivity contribution in [3.63, 3.8) is 0 Å². The van der Waals surface area contributed by atoms with Crippen LogP contribution in [0, 0.1) is 10.1 Å². The number of nitro groups is 1. The maximum Gasteiger partial charge on any atom is 0.277 e. The molecule has 0 bridgehead atoms. The summed E-state index contributed by atoms with van der Waals surface area (Å²) >= 11 is 1.54. The van der Waals surface area contributed by atoms with Crippen molar-refractivity contribution in [2.75, 3.05) is 0 Å². The van der Waals surface area contributed by atoms with Crippen molar-refractivity contribution in [1.82, 2.24) is 4.98 Å². The molecule has 4 nitrogen and oxygen atoms in total. The Labute approximate surface area is 94.3 Å². The van der Waals surface area contributed by atoms with E-state index in [1.807, 2.05) is 12.1 Å². The summed E-state index contributed by atoms with van der Waals surface area (Å²) in [5.41, 5.74) is 2.72. The van der Waals surface area contributed by atoms with Crippen LogP contribution in [0.25, 0.3) is 21.0 Å². The van der Waals surface area contributed by atoms with Crippen LogP contribution in [-0.4, -0.2) is 9.91 Å². The minimum absolute atomic E-state index is 0.132. The molecule has 0 aliphatic carbocycles. The van der Waals surface area contributed by atoms with Gasteiger partial charge < -0.3 is 0 Å². The van der Waals surface area contributed by atoms with E-state index in [2.05, 4.69) is 4.98 Å². The second kappa shape index (κ2) is 3.24. The molecule has 1 heterocycles. The Morgan fingerprint density at radius 1 is 1.19 bits per heavy atom. The predicted octanol–water partition coefficient (Wildman–Crippen LogP) is 3.36. The van der Waals surface area contributed by atoms with Gasteiger partial charge in [0.1, 0.15) is 0 Å². The number of aromatic nitrogens is 1. The lowest BCUT2D eigenvalue weighted by molar-refractivity contribution is -0.383. The Morgan fingerprint density at radius 2 is 2.06 bits per heavy atom. The molecule has 0 saturated heterocycles. The fraction of sp³-hybridized carbons (Fsp3) is 0. The van der Waals surface area contributed by atoms with E-state index in [-0.39, 0.29) is 10.6 Å². The average molecular weight is 230 g/mol. The Hall–Kier alpha value is -2.01. The van der Waals surface area contributed by atoms with Crippen LogP contribution >= 0.6 is 11.3 Å². The van der Waals surface area contributed by atoms with Gasteiger partial charge in [0.2, 0.25) is 0 Å². The molecule has 0 aliphatic rings. The van der Waals surface area contributed by atoms with Crippen LogP contribution in [0.5, 0.6) is 0 Å².